The third-order valence-corrected chi connectivity index (χ3v) is 8.01. The summed E-state index contributed by atoms with van der Waals surface area (Å²) in [5.74, 6) is 0.402. The van der Waals surface area contributed by atoms with Crippen LogP contribution < -0.4 is 0 Å². The number of aliphatic carboxylic acids is 1. The van der Waals surface area contributed by atoms with Crippen LogP contribution in [0.15, 0.2) is 60.7 Å². The summed E-state index contributed by atoms with van der Waals surface area (Å²) in [5.41, 5.74) is -2.21. The number of nitro groups is 1. The maximum atomic E-state index is 12.9. The van der Waals surface area contributed by atoms with Gasteiger partial charge in [-0.15, -0.1) is 6.42 Å². The second-order valence-corrected chi connectivity index (χ2v) is 10.4. The monoisotopic (exact) mass is 500 g/mol. The molecule has 0 spiro atoms. The predicted octanol–water partition coefficient (Wildman–Crippen LogP) is 2.87. The van der Waals surface area contributed by atoms with Gasteiger partial charge in [-0.1, -0.05) is 54.5 Å². The molecule has 0 aliphatic rings. The standard InChI is InChI=1S/C23H20N2O7S2/c1-2-13-32-17-22(16-24,33-34(31)20(26)19-11-7-4-8-12-19)15-23(21(27)28,25(29)30)14-18-9-5-3-6-10-18/h1,3-12H,13-15,17H2,(H,27,28). The van der Waals surface area contributed by atoms with E-state index in [-0.39, 0.29) is 12.2 Å². The number of nitriles is 1. The van der Waals surface area contributed by atoms with Crippen LogP contribution in [0, 0.1) is 33.8 Å². The van der Waals surface area contributed by atoms with Gasteiger partial charge in [0.05, 0.1) is 31.1 Å². The SMILES string of the molecule is C#CCOCC(C#N)(CC(Cc1ccccc1)(C(=O)O)[N+](=O)[O-])S[S+]([O-])C(=O)c1ccccc1. The molecular formula is C23H20N2O7S2. The molecule has 0 saturated carbocycles. The zero-order chi connectivity index (χ0) is 25.2. The molecule has 2 aromatic carbocycles. The highest BCUT2D eigenvalue weighted by Gasteiger charge is 2.59. The first kappa shape index (κ1) is 26.9. The van der Waals surface area contributed by atoms with Gasteiger partial charge in [-0.25, -0.2) is 9.59 Å². The Bertz CT molecular complexity index is 1090. The second kappa shape index (κ2) is 12.2. The van der Waals surface area contributed by atoms with E-state index in [9.17, 15) is 34.6 Å². The molecular weight excluding hydrogens is 480 g/mol. The van der Waals surface area contributed by atoms with Crippen molar-refractivity contribution in [3.63, 3.8) is 0 Å². The molecule has 0 aromatic heterocycles. The fourth-order valence-electron chi connectivity index (χ4n) is 3.15. The average molecular weight is 501 g/mol. The van der Waals surface area contributed by atoms with Crippen molar-refractivity contribution in [2.24, 2.45) is 0 Å². The van der Waals surface area contributed by atoms with Crippen LogP contribution in [0.2, 0.25) is 0 Å². The van der Waals surface area contributed by atoms with Crippen LogP contribution >= 0.6 is 10.8 Å². The van der Waals surface area contributed by atoms with Crippen LogP contribution in [0.25, 0.3) is 0 Å². The number of hydrogen-bond donors (Lipinski definition) is 1. The van der Waals surface area contributed by atoms with E-state index in [1.54, 1.807) is 36.4 Å². The Labute approximate surface area is 202 Å². The molecule has 11 heteroatoms. The Morgan fingerprint density at radius 2 is 1.76 bits per heavy atom. The van der Waals surface area contributed by atoms with E-state index < -0.39 is 56.0 Å². The highest BCUT2D eigenvalue weighted by Crippen LogP contribution is 2.41. The van der Waals surface area contributed by atoms with Gasteiger partial charge in [0.2, 0.25) is 0 Å². The van der Waals surface area contributed by atoms with Gasteiger partial charge in [0.1, 0.15) is 27.6 Å². The van der Waals surface area contributed by atoms with E-state index >= 15 is 0 Å². The lowest BCUT2D eigenvalue weighted by atomic mass is 9.82. The van der Waals surface area contributed by atoms with Gasteiger partial charge < -0.3 is 14.4 Å². The normalized spacial score (nSPS) is 15.0. The minimum atomic E-state index is -2.66. The van der Waals surface area contributed by atoms with Crippen molar-refractivity contribution < 1.29 is 28.9 Å². The molecule has 0 amide bonds. The van der Waals surface area contributed by atoms with Crippen molar-refractivity contribution in [2.75, 3.05) is 13.2 Å². The molecule has 3 atom stereocenters. The molecule has 0 aliphatic carbocycles. The van der Waals surface area contributed by atoms with E-state index in [0.29, 0.717) is 16.4 Å². The molecule has 0 bridgehead atoms. The maximum absolute atomic E-state index is 12.9. The Hall–Kier alpha value is -3.35. The molecule has 34 heavy (non-hydrogen) atoms. The number of terminal acetylenes is 1. The minimum Gasteiger partial charge on any atom is -0.597 e. The molecule has 2 aromatic rings. The summed E-state index contributed by atoms with van der Waals surface area (Å²) >= 11 is 0. The van der Waals surface area contributed by atoms with Crippen molar-refractivity contribution >= 4 is 32.1 Å². The molecule has 176 valence electrons. The zero-order valence-electron chi connectivity index (χ0n) is 17.8. The third-order valence-electron chi connectivity index (χ3n) is 4.79. The highest BCUT2D eigenvalue weighted by atomic mass is 33.1. The number of carbonyl (C=O) groups excluding carboxylic acids is 1. The van der Waals surface area contributed by atoms with Gasteiger partial charge in [-0.05, 0) is 17.7 Å². The molecule has 0 fully saturated rings. The van der Waals surface area contributed by atoms with Gasteiger partial charge in [0.15, 0.2) is 4.75 Å². The highest BCUT2D eigenvalue weighted by molar-refractivity contribution is 8.78. The predicted molar refractivity (Wildman–Crippen MR) is 127 cm³/mol. The summed E-state index contributed by atoms with van der Waals surface area (Å²) in [5, 5.41) is 31.2. The van der Waals surface area contributed by atoms with Gasteiger partial charge in [-0.2, -0.15) is 5.26 Å². The molecule has 2 rings (SSSR count). The van der Waals surface area contributed by atoms with Crippen LogP contribution in [0.1, 0.15) is 22.3 Å². The average Bonchev–Trinajstić information content (AvgIpc) is 2.84. The number of carbonyl (C=O) groups is 2. The van der Waals surface area contributed by atoms with E-state index in [1.165, 1.54) is 24.3 Å². The number of ether oxygens (including phenoxy) is 1. The van der Waals surface area contributed by atoms with Crippen molar-refractivity contribution in [2.45, 2.75) is 23.1 Å². The number of benzene rings is 2. The first-order valence-corrected chi connectivity index (χ1v) is 12.2. The molecule has 9 nitrogen and oxygen atoms in total. The fraction of sp³-hybridized carbons (Fsp3) is 0.261. The van der Waals surface area contributed by atoms with Crippen LogP contribution in [0.5, 0.6) is 0 Å². The third kappa shape index (κ3) is 6.59. The summed E-state index contributed by atoms with van der Waals surface area (Å²) in [6.45, 7) is -0.857. The van der Waals surface area contributed by atoms with E-state index in [2.05, 4.69) is 5.92 Å². The quantitative estimate of drug-likeness (QED) is 0.116. The smallest absolute Gasteiger partial charge is 0.382 e. The molecule has 0 heterocycles. The molecule has 1 N–H and O–H groups in total. The van der Waals surface area contributed by atoms with Crippen molar-refractivity contribution in [1.82, 2.24) is 0 Å². The number of hydrogen-bond acceptors (Lipinski definition) is 8. The molecule has 0 radical (unpaired) electrons. The maximum Gasteiger partial charge on any atom is 0.382 e. The number of rotatable bonds is 12. The van der Waals surface area contributed by atoms with Crippen molar-refractivity contribution in [3.05, 3.63) is 81.9 Å². The topological polar surface area (TPSA) is 154 Å². The van der Waals surface area contributed by atoms with E-state index in [0.717, 1.165) is 0 Å². The fourth-order valence-corrected chi connectivity index (χ4v) is 6.13. The number of carboxylic acid groups (broad SMARTS) is 1. The summed E-state index contributed by atoms with van der Waals surface area (Å²) < 4.78 is 16.1. The van der Waals surface area contributed by atoms with Gasteiger partial charge in [0, 0.05) is 4.92 Å². The van der Waals surface area contributed by atoms with Gasteiger partial charge >= 0.3 is 16.6 Å². The number of nitrogens with zero attached hydrogens (tertiary/aromatic N) is 2. The molecule has 0 saturated heterocycles. The first-order chi connectivity index (χ1) is 16.2. The Morgan fingerprint density at radius 3 is 2.26 bits per heavy atom. The van der Waals surface area contributed by atoms with E-state index in [4.69, 9.17) is 11.2 Å². The van der Waals surface area contributed by atoms with Crippen LogP contribution in [0.3, 0.4) is 0 Å². The molecule has 3 unspecified atom stereocenters. The van der Waals surface area contributed by atoms with Gasteiger partial charge in [-0.3, -0.25) is 10.1 Å². The minimum absolute atomic E-state index is 0.104. The Kier molecular flexibility index (Phi) is 9.66. The van der Waals surface area contributed by atoms with Gasteiger partial charge in [0.25, 0.3) is 0 Å². The van der Waals surface area contributed by atoms with Crippen LogP contribution in [0.4, 0.5) is 0 Å². The second-order valence-electron chi connectivity index (χ2n) is 7.21. The summed E-state index contributed by atoms with van der Waals surface area (Å²) in [4.78, 5) is 36.0. The van der Waals surface area contributed by atoms with E-state index in [1.807, 2.05) is 6.07 Å². The van der Waals surface area contributed by atoms with Crippen LogP contribution in [-0.2, 0) is 26.2 Å². The molecule has 0 aliphatic heterocycles. The lowest BCUT2D eigenvalue weighted by Crippen LogP contribution is -2.54. The van der Waals surface area contributed by atoms with Crippen LogP contribution in [-0.4, -0.2) is 49.2 Å². The van der Waals surface area contributed by atoms with Crippen molar-refractivity contribution in [1.29, 1.82) is 5.26 Å². The Balaban J connectivity index is 2.47. The lowest BCUT2D eigenvalue weighted by molar-refractivity contribution is -0.556. The summed E-state index contributed by atoms with van der Waals surface area (Å²) in [6.07, 6.45) is 3.73. The summed E-state index contributed by atoms with van der Waals surface area (Å²) in [6, 6.07) is 17.4. The number of carboxylic acids is 1. The lowest BCUT2D eigenvalue weighted by Gasteiger charge is -2.30. The zero-order valence-corrected chi connectivity index (χ0v) is 19.4. The van der Waals surface area contributed by atoms with Crippen molar-refractivity contribution in [3.8, 4) is 18.4 Å². The Morgan fingerprint density at radius 1 is 1.18 bits per heavy atom. The summed E-state index contributed by atoms with van der Waals surface area (Å²) in [7, 11) is -2.07. The largest absolute Gasteiger partial charge is 0.597 e. The first-order valence-electron chi connectivity index (χ1n) is 9.74.